The first-order chi connectivity index (χ1) is 7.46. The minimum absolute atomic E-state index is 0.0489. The van der Waals surface area contributed by atoms with Gasteiger partial charge < -0.3 is 11.1 Å². The van der Waals surface area contributed by atoms with E-state index in [1.165, 1.54) is 12.1 Å². The van der Waals surface area contributed by atoms with E-state index in [1.54, 1.807) is 6.92 Å². The summed E-state index contributed by atoms with van der Waals surface area (Å²) >= 11 is 0. The fourth-order valence-corrected chi connectivity index (χ4v) is 3.83. The zero-order chi connectivity index (χ0) is 11.9. The molecule has 2 atom stereocenters. The molecule has 0 spiro atoms. The van der Waals surface area contributed by atoms with Gasteiger partial charge >= 0.3 is 0 Å². The van der Waals surface area contributed by atoms with Crippen molar-refractivity contribution in [3.8, 4) is 0 Å². The topological polar surface area (TPSA) is 72.2 Å². The van der Waals surface area contributed by atoms with Crippen molar-refractivity contribution in [2.75, 3.05) is 11.9 Å². The van der Waals surface area contributed by atoms with Crippen molar-refractivity contribution in [3.05, 3.63) is 24.0 Å². The molecule has 6 heteroatoms. The highest BCUT2D eigenvalue weighted by atomic mass is 32.2. The van der Waals surface area contributed by atoms with Gasteiger partial charge in [0.15, 0.2) is 9.84 Å². The molecule has 16 heavy (non-hydrogen) atoms. The van der Waals surface area contributed by atoms with Crippen molar-refractivity contribution < 1.29 is 12.8 Å². The van der Waals surface area contributed by atoms with E-state index in [0.717, 1.165) is 6.07 Å². The third-order valence-electron chi connectivity index (χ3n) is 2.82. The SMILES string of the molecule is CC1Nc2cc(F)ccc2S(=O)(=O)C1CN. The van der Waals surface area contributed by atoms with Gasteiger partial charge in [0.1, 0.15) is 5.82 Å². The predicted octanol–water partition coefficient (Wildman–Crippen LogP) is 0.741. The van der Waals surface area contributed by atoms with E-state index < -0.39 is 20.9 Å². The molecule has 0 radical (unpaired) electrons. The van der Waals surface area contributed by atoms with Crippen molar-refractivity contribution in [3.63, 3.8) is 0 Å². The monoisotopic (exact) mass is 244 g/mol. The van der Waals surface area contributed by atoms with Gasteiger partial charge in [-0.2, -0.15) is 0 Å². The Labute approximate surface area is 93.6 Å². The highest BCUT2D eigenvalue weighted by Crippen LogP contribution is 2.32. The van der Waals surface area contributed by atoms with Crippen LogP contribution in [0.5, 0.6) is 0 Å². The molecule has 3 N–H and O–H groups in total. The third-order valence-corrected chi connectivity index (χ3v) is 5.19. The molecule has 0 saturated heterocycles. The number of nitrogens with two attached hydrogens (primary N) is 1. The van der Waals surface area contributed by atoms with Gasteiger partial charge in [0, 0.05) is 12.6 Å². The fraction of sp³-hybridized carbons (Fsp3) is 0.400. The van der Waals surface area contributed by atoms with Gasteiger partial charge in [-0.15, -0.1) is 0 Å². The summed E-state index contributed by atoms with van der Waals surface area (Å²) in [5, 5.41) is 2.30. The molecule has 0 fully saturated rings. The van der Waals surface area contributed by atoms with Crippen LogP contribution >= 0.6 is 0 Å². The van der Waals surface area contributed by atoms with Crippen LogP contribution in [-0.4, -0.2) is 26.3 Å². The van der Waals surface area contributed by atoms with Crippen molar-refractivity contribution in [2.45, 2.75) is 23.1 Å². The normalized spacial score (nSPS) is 26.9. The highest BCUT2D eigenvalue weighted by molar-refractivity contribution is 7.92. The lowest BCUT2D eigenvalue weighted by molar-refractivity contribution is 0.559. The predicted molar refractivity (Wildman–Crippen MR) is 59.5 cm³/mol. The molecule has 2 rings (SSSR count). The minimum atomic E-state index is -3.45. The molecule has 88 valence electrons. The zero-order valence-electron chi connectivity index (χ0n) is 8.77. The van der Waals surface area contributed by atoms with E-state index in [9.17, 15) is 12.8 Å². The summed E-state index contributed by atoms with van der Waals surface area (Å²) in [7, 11) is -3.45. The molecule has 0 amide bonds. The number of sulfone groups is 1. The molecule has 1 aromatic rings. The summed E-state index contributed by atoms with van der Waals surface area (Å²) < 4.78 is 37.2. The number of hydrogen-bond donors (Lipinski definition) is 2. The zero-order valence-corrected chi connectivity index (χ0v) is 9.59. The first-order valence-electron chi connectivity index (χ1n) is 4.97. The van der Waals surface area contributed by atoms with E-state index in [0.29, 0.717) is 5.69 Å². The molecule has 2 unspecified atom stereocenters. The largest absolute Gasteiger partial charge is 0.380 e. The van der Waals surface area contributed by atoms with Crippen LogP contribution in [0, 0.1) is 5.82 Å². The minimum Gasteiger partial charge on any atom is -0.380 e. The Morgan fingerprint density at radius 1 is 1.50 bits per heavy atom. The molecule has 1 aliphatic rings. The second-order valence-electron chi connectivity index (χ2n) is 3.89. The molecular formula is C10H13FN2O2S. The first kappa shape index (κ1) is 11.3. The summed E-state index contributed by atoms with van der Waals surface area (Å²) in [6.45, 7) is 1.77. The summed E-state index contributed by atoms with van der Waals surface area (Å²) in [6, 6.07) is 3.29. The van der Waals surface area contributed by atoms with Crippen molar-refractivity contribution >= 4 is 15.5 Å². The number of hydrogen-bond acceptors (Lipinski definition) is 4. The number of benzene rings is 1. The molecule has 1 heterocycles. The number of halogens is 1. The number of anilines is 1. The molecule has 4 nitrogen and oxygen atoms in total. The number of rotatable bonds is 1. The second-order valence-corrected chi connectivity index (χ2v) is 6.03. The van der Waals surface area contributed by atoms with Gasteiger partial charge in [-0.25, -0.2) is 12.8 Å². The van der Waals surface area contributed by atoms with Gasteiger partial charge in [-0.05, 0) is 25.1 Å². The van der Waals surface area contributed by atoms with Crippen LogP contribution in [0.15, 0.2) is 23.1 Å². The van der Waals surface area contributed by atoms with Crippen LogP contribution in [0.3, 0.4) is 0 Å². The van der Waals surface area contributed by atoms with E-state index in [-0.39, 0.29) is 17.5 Å². The number of nitrogens with one attached hydrogen (secondary N) is 1. The van der Waals surface area contributed by atoms with Crippen LogP contribution < -0.4 is 11.1 Å². The maximum absolute atomic E-state index is 13.0. The first-order valence-corrected chi connectivity index (χ1v) is 6.51. The van der Waals surface area contributed by atoms with Crippen molar-refractivity contribution in [2.24, 2.45) is 5.73 Å². The molecule has 0 saturated carbocycles. The summed E-state index contributed by atoms with van der Waals surface area (Å²) in [6.07, 6.45) is 0. The van der Waals surface area contributed by atoms with Gasteiger partial charge in [0.25, 0.3) is 0 Å². The Hall–Kier alpha value is -1.14. The van der Waals surface area contributed by atoms with Crippen LogP contribution in [-0.2, 0) is 9.84 Å². The maximum atomic E-state index is 13.0. The number of fused-ring (bicyclic) bond motifs is 1. The lowest BCUT2D eigenvalue weighted by Crippen LogP contribution is -2.46. The highest BCUT2D eigenvalue weighted by Gasteiger charge is 2.37. The smallest absolute Gasteiger partial charge is 0.186 e. The van der Waals surface area contributed by atoms with Gasteiger partial charge in [0.2, 0.25) is 0 Å². The Morgan fingerprint density at radius 3 is 2.81 bits per heavy atom. The average molecular weight is 244 g/mol. The molecule has 0 aliphatic carbocycles. The Balaban J connectivity index is 2.62. The molecule has 0 bridgehead atoms. The summed E-state index contributed by atoms with van der Waals surface area (Å²) in [5.41, 5.74) is 5.78. The molecule has 1 aromatic carbocycles. The van der Waals surface area contributed by atoms with Crippen molar-refractivity contribution in [1.82, 2.24) is 0 Å². The fourth-order valence-electron chi connectivity index (χ4n) is 1.96. The van der Waals surface area contributed by atoms with E-state index in [4.69, 9.17) is 5.73 Å². The molecular weight excluding hydrogens is 231 g/mol. The third kappa shape index (κ3) is 1.58. The average Bonchev–Trinajstić information content (AvgIpc) is 2.16. The van der Waals surface area contributed by atoms with Crippen LogP contribution in [0.1, 0.15) is 6.92 Å². The van der Waals surface area contributed by atoms with E-state index in [2.05, 4.69) is 5.32 Å². The summed E-state index contributed by atoms with van der Waals surface area (Å²) in [4.78, 5) is 0.127. The standard InChI is InChI=1S/C10H13FN2O2S/c1-6-10(5-12)16(14,15)9-3-2-7(11)4-8(9)13-6/h2-4,6,10,13H,5,12H2,1H3. The van der Waals surface area contributed by atoms with Gasteiger partial charge in [-0.3, -0.25) is 0 Å². The lowest BCUT2D eigenvalue weighted by Gasteiger charge is -2.31. The lowest BCUT2D eigenvalue weighted by atomic mass is 10.2. The quantitative estimate of drug-likeness (QED) is 0.715. The second kappa shape index (κ2) is 3.71. The maximum Gasteiger partial charge on any atom is 0.186 e. The summed E-state index contributed by atoms with van der Waals surface area (Å²) in [5.74, 6) is -0.458. The van der Waals surface area contributed by atoms with E-state index >= 15 is 0 Å². The van der Waals surface area contributed by atoms with Crippen LogP contribution in [0.4, 0.5) is 10.1 Å². The van der Waals surface area contributed by atoms with Crippen LogP contribution in [0.25, 0.3) is 0 Å². The van der Waals surface area contributed by atoms with Gasteiger partial charge in [0.05, 0.1) is 15.8 Å². The van der Waals surface area contributed by atoms with Crippen LogP contribution in [0.2, 0.25) is 0 Å². The Kier molecular flexibility index (Phi) is 2.63. The Bertz CT molecular complexity index is 516. The van der Waals surface area contributed by atoms with Crippen molar-refractivity contribution in [1.29, 1.82) is 0 Å². The van der Waals surface area contributed by atoms with Gasteiger partial charge in [-0.1, -0.05) is 0 Å². The molecule has 1 aliphatic heterocycles. The van der Waals surface area contributed by atoms with E-state index in [1.807, 2.05) is 0 Å². The molecule has 0 aromatic heterocycles. The Morgan fingerprint density at radius 2 is 2.19 bits per heavy atom.